The third-order valence-electron chi connectivity index (χ3n) is 3.26. The van der Waals surface area contributed by atoms with Gasteiger partial charge in [0.1, 0.15) is 0 Å². The molecule has 0 aliphatic rings. The summed E-state index contributed by atoms with van der Waals surface area (Å²) >= 11 is 3.63. The number of nitrogens with one attached hydrogen (secondary N) is 1. The first-order valence-electron chi connectivity index (χ1n) is 6.47. The molecule has 0 radical (unpaired) electrons. The summed E-state index contributed by atoms with van der Waals surface area (Å²) in [5.41, 5.74) is 3.47. The third-order valence-corrected chi connectivity index (χ3v) is 4.18. The normalized spacial score (nSPS) is 12.6. The molecule has 0 aliphatic carbocycles. The fourth-order valence-electron chi connectivity index (χ4n) is 2.01. The summed E-state index contributed by atoms with van der Waals surface area (Å²) in [6, 6.07) is 4.31. The summed E-state index contributed by atoms with van der Waals surface area (Å²) in [7, 11) is 1.98. The summed E-state index contributed by atoms with van der Waals surface area (Å²) in [5.74, 6) is 0. The number of nitrogens with zero attached hydrogens (tertiary/aromatic N) is 3. The zero-order valence-corrected chi connectivity index (χ0v) is 13.1. The topological polar surface area (TPSA) is 42.7 Å². The summed E-state index contributed by atoms with van der Waals surface area (Å²) in [6.45, 7) is 5.03. The Balaban J connectivity index is 2.05. The molecule has 2 heterocycles. The zero-order valence-electron chi connectivity index (χ0n) is 11.5. The van der Waals surface area contributed by atoms with E-state index in [0.29, 0.717) is 0 Å². The molecule has 2 aromatic heterocycles. The standard InChI is InChI=1S/C14H19BrN4/c1-4-12-14(15)13(19(3)18-12)9-17-10(2)11-6-5-7-16-8-11/h5-8,10,17H,4,9H2,1-3H3/t10-/m1/s1. The van der Waals surface area contributed by atoms with Crippen molar-refractivity contribution in [1.29, 1.82) is 0 Å². The molecule has 0 saturated carbocycles. The van der Waals surface area contributed by atoms with Gasteiger partial charge in [0.25, 0.3) is 0 Å². The van der Waals surface area contributed by atoms with E-state index in [1.54, 1.807) is 6.20 Å². The van der Waals surface area contributed by atoms with Crippen LogP contribution in [0.2, 0.25) is 0 Å². The minimum absolute atomic E-state index is 0.264. The first-order chi connectivity index (χ1) is 9.13. The van der Waals surface area contributed by atoms with E-state index < -0.39 is 0 Å². The molecule has 0 amide bonds. The van der Waals surface area contributed by atoms with E-state index in [1.807, 2.05) is 24.0 Å². The Morgan fingerprint density at radius 2 is 2.26 bits per heavy atom. The molecule has 0 saturated heterocycles. The highest BCUT2D eigenvalue weighted by atomic mass is 79.9. The highest BCUT2D eigenvalue weighted by molar-refractivity contribution is 9.10. The molecule has 102 valence electrons. The fraction of sp³-hybridized carbons (Fsp3) is 0.429. The molecule has 5 heteroatoms. The molecule has 0 fully saturated rings. The molecule has 0 aromatic carbocycles. The molecular weight excluding hydrogens is 304 g/mol. The Labute approximate surface area is 122 Å². The van der Waals surface area contributed by atoms with Crippen molar-refractivity contribution in [2.24, 2.45) is 7.05 Å². The van der Waals surface area contributed by atoms with Crippen LogP contribution in [0.5, 0.6) is 0 Å². The van der Waals surface area contributed by atoms with Crippen LogP contribution in [-0.4, -0.2) is 14.8 Å². The van der Waals surface area contributed by atoms with Gasteiger partial charge in [-0.3, -0.25) is 9.67 Å². The molecule has 0 spiro atoms. The average Bonchev–Trinajstić information content (AvgIpc) is 2.72. The van der Waals surface area contributed by atoms with E-state index in [-0.39, 0.29) is 6.04 Å². The van der Waals surface area contributed by atoms with E-state index in [4.69, 9.17) is 0 Å². The van der Waals surface area contributed by atoms with Crippen molar-refractivity contribution in [3.63, 3.8) is 0 Å². The number of halogens is 1. The van der Waals surface area contributed by atoms with Crippen LogP contribution in [0.1, 0.15) is 36.8 Å². The van der Waals surface area contributed by atoms with Gasteiger partial charge >= 0.3 is 0 Å². The Morgan fingerprint density at radius 1 is 1.47 bits per heavy atom. The number of pyridine rings is 1. The Hall–Kier alpha value is -1.20. The minimum atomic E-state index is 0.264. The van der Waals surface area contributed by atoms with E-state index in [1.165, 1.54) is 11.3 Å². The van der Waals surface area contributed by atoms with Gasteiger partial charge in [0.05, 0.1) is 15.9 Å². The van der Waals surface area contributed by atoms with Gasteiger partial charge in [0.15, 0.2) is 0 Å². The summed E-state index contributed by atoms with van der Waals surface area (Å²) in [5, 5.41) is 8.00. The molecule has 19 heavy (non-hydrogen) atoms. The van der Waals surface area contributed by atoms with Crippen molar-refractivity contribution in [1.82, 2.24) is 20.1 Å². The lowest BCUT2D eigenvalue weighted by Crippen LogP contribution is -2.20. The second-order valence-corrected chi connectivity index (χ2v) is 5.37. The lowest BCUT2D eigenvalue weighted by molar-refractivity contribution is 0.545. The maximum Gasteiger partial charge on any atom is 0.0767 e. The number of rotatable bonds is 5. The maximum atomic E-state index is 4.50. The predicted molar refractivity (Wildman–Crippen MR) is 79.8 cm³/mol. The van der Waals surface area contributed by atoms with Crippen LogP contribution in [0.25, 0.3) is 0 Å². The molecule has 1 atom stereocenters. The number of aromatic nitrogens is 3. The minimum Gasteiger partial charge on any atom is -0.304 e. The van der Waals surface area contributed by atoms with Crippen LogP contribution in [0.3, 0.4) is 0 Å². The highest BCUT2D eigenvalue weighted by Gasteiger charge is 2.13. The van der Waals surface area contributed by atoms with E-state index in [9.17, 15) is 0 Å². The molecule has 0 aliphatic heterocycles. The molecular formula is C14H19BrN4. The van der Waals surface area contributed by atoms with Gasteiger partial charge in [0.2, 0.25) is 0 Å². The Bertz CT molecular complexity index is 536. The number of hydrogen-bond acceptors (Lipinski definition) is 3. The van der Waals surface area contributed by atoms with Gasteiger partial charge in [0, 0.05) is 32.0 Å². The smallest absolute Gasteiger partial charge is 0.0767 e. The second-order valence-electron chi connectivity index (χ2n) is 4.57. The van der Waals surface area contributed by atoms with Crippen LogP contribution in [0.15, 0.2) is 29.0 Å². The van der Waals surface area contributed by atoms with E-state index >= 15 is 0 Å². The molecule has 0 bridgehead atoms. The zero-order chi connectivity index (χ0) is 13.8. The van der Waals surface area contributed by atoms with Gasteiger partial charge in [-0.15, -0.1) is 0 Å². The van der Waals surface area contributed by atoms with Crippen LogP contribution < -0.4 is 5.32 Å². The van der Waals surface area contributed by atoms with Crippen molar-refractivity contribution < 1.29 is 0 Å². The van der Waals surface area contributed by atoms with Crippen LogP contribution in [0, 0.1) is 0 Å². The maximum absolute atomic E-state index is 4.50. The largest absolute Gasteiger partial charge is 0.304 e. The first-order valence-corrected chi connectivity index (χ1v) is 7.26. The van der Waals surface area contributed by atoms with Gasteiger partial charge in [-0.05, 0) is 40.9 Å². The van der Waals surface area contributed by atoms with Gasteiger partial charge in [-0.25, -0.2) is 0 Å². The van der Waals surface area contributed by atoms with Gasteiger partial charge in [-0.2, -0.15) is 5.10 Å². The summed E-state index contributed by atoms with van der Waals surface area (Å²) in [4.78, 5) is 4.15. The second kappa shape index (κ2) is 6.30. The molecule has 1 N–H and O–H groups in total. The summed E-state index contributed by atoms with van der Waals surface area (Å²) < 4.78 is 3.05. The van der Waals surface area contributed by atoms with E-state index in [0.717, 1.165) is 23.1 Å². The number of hydrogen-bond donors (Lipinski definition) is 1. The van der Waals surface area contributed by atoms with Crippen LogP contribution >= 0.6 is 15.9 Å². The predicted octanol–water partition coefficient (Wildman–Crippen LogP) is 2.99. The SMILES string of the molecule is CCc1nn(C)c(CN[C@H](C)c2cccnc2)c1Br. The van der Waals surface area contributed by atoms with Crippen LogP contribution in [-0.2, 0) is 20.0 Å². The van der Waals surface area contributed by atoms with Crippen molar-refractivity contribution >= 4 is 15.9 Å². The molecule has 2 aromatic rings. The molecule has 4 nitrogen and oxygen atoms in total. The Morgan fingerprint density at radius 3 is 2.84 bits per heavy atom. The van der Waals surface area contributed by atoms with E-state index in [2.05, 4.69) is 51.2 Å². The quantitative estimate of drug-likeness (QED) is 0.920. The van der Waals surface area contributed by atoms with Crippen molar-refractivity contribution in [3.05, 3.63) is 46.0 Å². The highest BCUT2D eigenvalue weighted by Crippen LogP contribution is 2.22. The third kappa shape index (κ3) is 3.22. The lowest BCUT2D eigenvalue weighted by Gasteiger charge is -2.14. The van der Waals surface area contributed by atoms with Crippen molar-refractivity contribution in [2.75, 3.05) is 0 Å². The van der Waals surface area contributed by atoms with Gasteiger partial charge < -0.3 is 5.32 Å². The monoisotopic (exact) mass is 322 g/mol. The van der Waals surface area contributed by atoms with Crippen molar-refractivity contribution in [3.8, 4) is 0 Å². The average molecular weight is 323 g/mol. The van der Waals surface area contributed by atoms with Crippen LogP contribution in [0.4, 0.5) is 0 Å². The molecule has 0 unspecified atom stereocenters. The fourth-order valence-corrected chi connectivity index (χ4v) is 2.77. The first kappa shape index (κ1) is 14.2. The van der Waals surface area contributed by atoms with Crippen molar-refractivity contribution in [2.45, 2.75) is 32.9 Å². The Kier molecular flexibility index (Phi) is 4.71. The molecule has 2 rings (SSSR count). The lowest BCUT2D eigenvalue weighted by atomic mass is 10.1. The summed E-state index contributed by atoms with van der Waals surface area (Å²) in [6.07, 6.45) is 4.63. The van der Waals surface area contributed by atoms with Gasteiger partial charge in [-0.1, -0.05) is 13.0 Å². The number of aryl methyl sites for hydroxylation is 2.